The fourth-order valence-electron chi connectivity index (χ4n) is 3.80. The van der Waals surface area contributed by atoms with Crippen molar-refractivity contribution in [3.8, 4) is 0 Å². The van der Waals surface area contributed by atoms with Crippen LogP contribution in [0.1, 0.15) is 63.2 Å². The van der Waals surface area contributed by atoms with Crippen LogP contribution in [-0.2, 0) is 17.7 Å². The van der Waals surface area contributed by atoms with Crippen LogP contribution in [0.5, 0.6) is 0 Å². The van der Waals surface area contributed by atoms with Crippen LogP contribution in [0.25, 0.3) is 5.57 Å². The second kappa shape index (κ2) is 12.6. The van der Waals surface area contributed by atoms with Crippen LogP contribution in [0.15, 0.2) is 78.4 Å². The number of aromatic nitrogens is 2. The van der Waals surface area contributed by atoms with Crippen LogP contribution in [0.2, 0.25) is 0 Å². The molecule has 180 valence electrons. The molecule has 2 amide bonds. The maximum Gasteiger partial charge on any atom is 0.319 e. The molecule has 6 nitrogen and oxygen atoms in total. The number of imidazole rings is 1. The smallest absolute Gasteiger partial charge is 0.319 e. The zero-order chi connectivity index (χ0) is 24.3. The van der Waals surface area contributed by atoms with Crippen molar-refractivity contribution in [3.63, 3.8) is 0 Å². The van der Waals surface area contributed by atoms with Gasteiger partial charge in [-0.05, 0) is 56.1 Å². The summed E-state index contributed by atoms with van der Waals surface area (Å²) in [5, 5.41) is 6.20. The number of ether oxygens (including phenoxy) is 1. The van der Waals surface area contributed by atoms with Crippen molar-refractivity contribution in [1.82, 2.24) is 20.2 Å². The Bertz CT molecular complexity index is 1080. The minimum Gasteiger partial charge on any atom is -0.497 e. The first-order valence-corrected chi connectivity index (χ1v) is 12.0. The largest absolute Gasteiger partial charge is 0.497 e. The Labute approximate surface area is 203 Å². The Morgan fingerprint density at radius 3 is 2.79 bits per heavy atom. The zero-order valence-corrected chi connectivity index (χ0v) is 20.7. The van der Waals surface area contributed by atoms with Crippen molar-refractivity contribution in [1.29, 1.82) is 0 Å². The van der Waals surface area contributed by atoms with Gasteiger partial charge in [0.05, 0.1) is 18.8 Å². The predicted molar refractivity (Wildman–Crippen MR) is 138 cm³/mol. The van der Waals surface area contributed by atoms with Crippen molar-refractivity contribution in [2.24, 2.45) is 0 Å². The molecule has 0 bridgehead atoms. The van der Waals surface area contributed by atoms with Crippen LogP contribution in [-0.4, -0.2) is 22.7 Å². The fourth-order valence-corrected chi connectivity index (χ4v) is 3.80. The summed E-state index contributed by atoms with van der Waals surface area (Å²) in [6.07, 6.45) is 15.1. The van der Waals surface area contributed by atoms with E-state index < -0.39 is 0 Å². The molecule has 1 aromatic heterocycles. The lowest BCUT2D eigenvalue weighted by Crippen LogP contribution is -2.39. The van der Waals surface area contributed by atoms with Gasteiger partial charge in [0.25, 0.3) is 0 Å². The molecule has 2 N–H and O–H groups in total. The first-order valence-electron chi connectivity index (χ1n) is 12.0. The Morgan fingerprint density at radius 2 is 2.09 bits per heavy atom. The zero-order valence-electron chi connectivity index (χ0n) is 20.7. The second-order valence-corrected chi connectivity index (χ2v) is 8.41. The number of amides is 2. The molecule has 1 aliphatic rings. The number of benzene rings is 1. The molecule has 1 unspecified atom stereocenters. The summed E-state index contributed by atoms with van der Waals surface area (Å²) in [6.45, 7) is 7.13. The van der Waals surface area contributed by atoms with Crippen LogP contribution >= 0.6 is 0 Å². The molecule has 0 saturated heterocycles. The minimum absolute atomic E-state index is 0.246. The van der Waals surface area contributed by atoms with E-state index in [0.717, 1.165) is 53.5 Å². The quantitative estimate of drug-likeness (QED) is 0.453. The van der Waals surface area contributed by atoms with Crippen molar-refractivity contribution in [2.45, 2.75) is 59.0 Å². The molecule has 6 heteroatoms. The van der Waals surface area contributed by atoms with Gasteiger partial charge in [0, 0.05) is 24.9 Å². The van der Waals surface area contributed by atoms with Gasteiger partial charge in [-0.3, -0.25) is 0 Å². The highest BCUT2D eigenvalue weighted by atomic mass is 16.5. The summed E-state index contributed by atoms with van der Waals surface area (Å²) in [6, 6.07) is 9.69. The summed E-state index contributed by atoms with van der Waals surface area (Å²) in [5.74, 6) is 1.65. The van der Waals surface area contributed by atoms with Crippen LogP contribution < -0.4 is 10.6 Å². The lowest BCUT2D eigenvalue weighted by Gasteiger charge is -2.21. The molecule has 1 atom stereocenters. The van der Waals surface area contributed by atoms with E-state index in [0.29, 0.717) is 12.8 Å². The van der Waals surface area contributed by atoms with Crippen LogP contribution in [0, 0.1) is 0 Å². The van der Waals surface area contributed by atoms with Gasteiger partial charge in [-0.1, -0.05) is 55.8 Å². The lowest BCUT2D eigenvalue weighted by atomic mass is 10.1. The van der Waals surface area contributed by atoms with Crippen molar-refractivity contribution >= 4 is 11.6 Å². The number of carbonyl (C=O) groups is 1. The van der Waals surface area contributed by atoms with Crippen molar-refractivity contribution in [2.75, 3.05) is 7.11 Å². The van der Waals surface area contributed by atoms with Crippen molar-refractivity contribution < 1.29 is 9.53 Å². The molecule has 0 saturated carbocycles. The van der Waals surface area contributed by atoms with Gasteiger partial charge in [0.2, 0.25) is 0 Å². The van der Waals surface area contributed by atoms with Gasteiger partial charge in [-0.2, -0.15) is 0 Å². The third kappa shape index (κ3) is 6.98. The van der Waals surface area contributed by atoms with Crippen LogP contribution in [0.3, 0.4) is 0 Å². The van der Waals surface area contributed by atoms with E-state index in [2.05, 4.69) is 53.5 Å². The molecular weight excluding hydrogens is 424 g/mol. The number of methoxy groups -OCH3 is 1. The predicted octanol–water partition coefficient (Wildman–Crippen LogP) is 6.06. The highest BCUT2D eigenvalue weighted by Crippen LogP contribution is 2.23. The number of allylic oxidation sites excluding steroid dienone is 6. The Hall–Kier alpha value is -3.54. The van der Waals surface area contributed by atoms with E-state index in [4.69, 9.17) is 9.72 Å². The standard InChI is InChI=1S/C28H36N4O2/c1-5-7-18-32-20-26(21(3)6-2)30-27(32)25(19-22-12-9-8-10-13-22)31-28(33)29-23-14-11-15-24(34-4)17-16-23/h6,8-15,17,20,25H,5,7,16,18-19H2,1-4H3,(H2,29,31,33)/b21-6+. The number of urea groups is 1. The third-order valence-electron chi connectivity index (χ3n) is 5.89. The van der Waals surface area contributed by atoms with E-state index in [1.54, 1.807) is 7.11 Å². The number of hydrogen-bond donors (Lipinski definition) is 2. The van der Waals surface area contributed by atoms with E-state index in [1.165, 1.54) is 0 Å². The number of carbonyl (C=O) groups excluding carboxylic acids is 1. The topological polar surface area (TPSA) is 68.2 Å². The van der Waals surface area contributed by atoms with E-state index >= 15 is 0 Å². The van der Waals surface area contributed by atoms with Gasteiger partial charge in [-0.15, -0.1) is 0 Å². The Morgan fingerprint density at radius 1 is 1.29 bits per heavy atom. The summed E-state index contributed by atoms with van der Waals surface area (Å²) in [5.41, 5.74) is 4.02. The Balaban J connectivity index is 1.86. The average Bonchev–Trinajstić information content (AvgIpc) is 3.15. The second-order valence-electron chi connectivity index (χ2n) is 8.41. The molecule has 1 aliphatic carbocycles. The highest BCUT2D eigenvalue weighted by Gasteiger charge is 2.22. The molecule has 1 heterocycles. The van der Waals surface area contributed by atoms with E-state index in [1.807, 2.05) is 49.4 Å². The molecule has 2 aromatic rings. The van der Waals surface area contributed by atoms with Crippen molar-refractivity contribution in [3.05, 3.63) is 95.4 Å². The minimum atomic E-state index is -0.273. The third-order valence-corrected chi connectivity index (χ3v) is 5.89. The summed E-state index contributed by atoms with van der Waals surface area (Å²) in [7, 11) is 1.64. The van der Waals surface area contributed by atoms with Gasteiger partial charge >= 0.3 is 6.03 Å². The van der Waals surface area contributed by atoms with Gasteiger partial charge in [-0.25, -0.2) is 9.78 Å². The number of nitrogens with one attached hydrogen (secondary N) is 2. The number of rotatable bonds is 10. The molecule has 1 aromatic carbocycles. The first kappa shape index (κ1) is 25.1. The molecule has 0 fully saturated rings. The number of nitrogens with zero attached hydrogens (tertiary/aromatic N) is 2. The SMILES string of the molecule is C/C=C(\C)c1cn(CCCC)c(C(Cc2ccccc2)NC(=O)NC2=CC=CC(OC)=CC2)n1. The molecule has 0 aliphatic heterocycles. The number of unbranched alkanes of at least 4 members (excludes halogenated alkanes) is 1. The summed E-state index contributed by atoms with van der Waals surface area (Å²) < 4.78 is 7.48. The maximum absolute atomic E-state index is 13.1. The summed E-state index contributed by atoms with van der Waals surface area (Å²) in [4.78, 5) is 18.0. The fraction of sp³-hybridized carbons (Fsp3) is 0.357. The first-order chi connectivity index (χ1) is 16.5. The average molecular weight is 461 g/mol. The summed E-state index contributed by atoms with van der Waals surface area (Å²) >= 11 is 0. The Kier molecular flexibility index (Phi) is 9.32. The van der Waals surface area contributed by atoms with Gasteiger partial charge in [0.15, 0.2) is 0 Å². The maximum atomic E-state index is 13.1. The van der Waals surface area contributed by atoms with Gasteiger partial charge < -0.3 is 19.9 Å². The molecular formula is C28H36N4O2. The highest BCUT2D eigenvalue weighted by molar-refractivity contribution is 5.76. The number of aryl methyl sites for hydroxylation is 1. The molecule has 34 heavy (non-hydrogen) atoms. The lowest BCUT2D eigenvalue weighted by molar-refractivity contribution is 0.238. The monoisotopic (exact) mass is 460 g/mol. The molecule has 3 rings (SSSR count). The van der Waals surface area contributed by atoms with Crippen LogP contribution in [0.4, 0.5) is 4.79 Å². The molecule has 0 radical (unpaired) electrons. The number of hydrogen-bond acceptors (Lipinski definition) is 3. The normalized spacial score (nSPS) is 14.6. The van der Waals surface area contributed by atoms with E-state index in [-0.39, 0.29) is 12.1 Å². The van der Waals surface area contributed by atoms with Gasteiger partial charge in [0.1, 0.15) is 11.6 Å². The molecule has 0 spiro atoms. The van der Waals surface area contributed by atoms with E-state index in [9.17, 15) is 4.79 Å².